The number of carbonyl (C=O) groups is 1. The Bertz CT molecular complexity index is 769. The molecule has 3 N–H and O–H groups in total. The fraction of sp³-hybridized carbons (Fsp3) is 0.176. The van der Waals surface area contributed by atoms with Gasteiger partial charge in [0.25, 0.3) is 5.91 Å². The molecule has 0 aromatic heterocycles. The minimum Gasteiger partial charge on any atom is -0.497 e. The monoisotopic (exact) mass is 431 g/mol. The second kappa shape index (κ2) is 9.28. The van der Waals surface area contributed by atoms with Gasteiger partial charge in [-0.2, -0.15) is 0 Å². The smallest absolute Gasteiger partial charge is 0.253 e. The highest BCUT2D eigenvalue weighted by Gasteiger charge is 2.35. The van der Waals surface area contributed by atoms with Gasteiger partial charge in [-0.25, -0.2) is 0 Å². The summed E-state index contributed by atoms with van der Waals surface area (Å²) >= 11 is 23.2. The van der Waals surface area contributed by atoms with Crippen molar-refractivity contribution in [1.29, 1.82) is 0 Å². The lowest BCUT2D eigenvalue weighted by atomic mass is 10.2. The summed E-state index contributed by atoms with van der Waals surface area (Å²) in [5.41, 5.74) is 1.11. The number of carbonyl (C=O) groups excluding carboxylic acids is 1. The number of para-hydroxylation sites is 1. The lowest BCUT2D eigenvalue weighted by Crippen LogP contribution is -2.56. The number of methoxy groups -OCH3 is 1. The average Bonchev–Trinajstić information content (AvgIpc) is 2.61. The van der Waals surface area contributed by atoms with E-state index in [-0.39, 0.29) is 5.11 Å². The van der Waals surface area contributed by atoms with Crippen LogP contribution in [0, 0.1) is 0 Å². The Balaban J connectivity index is 2.07. The van der Waals surface area contributed by atoms with Gasteiger partial charge in [-0.05, 0) is 42.5 Å². The van der Waals surface area contributed by atoms with Crippen molar-refractivity contribution in [3.63, 3.8) is 0 Å². The predicted octanol–water partition coefficient (Wildman–Crippen LogP) is 4.11. The first-order valence-corrected chi connectivity index (χ1v) is 8.98. The largest absolute Gasteiger partial charge is 0.497 e. The van der Waals surface area contributed by atoms with Crippen molar-refractivity contribution in [2.24, 2.45) is 0 Å². The summed E-state index contributed by atoms with van der Waals surface area (Å²) in [6, 6.07) is 15.8. The van der Waals surface area contributed by atoms with E-state index in [9.17, 15) is 4.79 Å². The molecule has 1 atom stereocenters. The van der Waals surface area contributed by atoms with E-state index in [2.05, 4.69) is 16.0 Å². The molecule has 0 saturated heterocycles. The third kappa shape index (κ3) is 6.21. The minimum atomic E-state index is -1.84. The van der Waals surface area contributed by atoms with E-state index < -0.39 is 15.9 Å². The molecule has 0 aliphatic carbocycles. The molecule has 0 aliphatic rings. The molecule has 0 aliphatic heterocycles. The van der Waals surface area contributed by atoms with Crippen LogP contribution in [0.15, 0.2) is 54.6 Å². The van der Waals surface area contributed by atoms with E-state index in [0.29, 0.717) is 11.3 Å². The van der Waals surface area contributed by atoms with Crippen LogP contribution in [-0.4, -0.2) is 28.1 Å². The van der Waals surface area contributed by atoms with Crippen LogP contribution in [0.2, 0.25) is 0 Å². The third-order valence-corrected chi connectivity index (χ3v) is 4.12. The molecule has 5 nitrogen and oxygen atoms in total. The molecule has 0 radical (unpaired) electrons. The molecule has 0 heterocycles. The quantitative estimate of drug-likeness (QED) is 0.377. The Hall–Kier alpha value is -1.73. The lowest BCUT2D eigenvalue weighted by molar-refractivity contribution is 0.0934. The summed E-state index contributed by atoms with van der Waals surface area (Å²) in [4.78, 5) is 12.5. The number of thiocarbonyl (C=S) groups is 1. The van der Waals surface area contributed by atoms with Crippen molar-refractivity contribution in [3.05, 3.63) is 60.2 Å². The SMILES string of the molecule is COc1cccc(C(=O)NC(NC(=S)Nc2ccccc2)C(Cl)(Cl)Cl)c1. The standard InChI is InChI=1S/C17H16Cl3N3O2S/c1-25-13-9-5-6-11(10-13)14(24)22-15(17(18,19)20)23-16(26)21-12-7-3-2-4-8-12/h2-10,15H,1H3,(H,22,24)(H2,21,23,26). The summed E-state index contributed by atoms with van der Waals surface area (Å²) < 4.78 is 3.27. The Labute approximate surface area is 172 Å². The van der Waals surface area contributed by atoms with Crippen LogP contribution in [0.1, 0.15) is 10.4 Å². The van der Waals surface area contributed by atoms with Gasteiger partial charge in [-0.15, -0.1) is 0 Å². The molecular formula is C17H16Cl3N3O2S. The first-order chi connectivity index (χ1) is 12.3. The number of amides is 1. The van der Waals surface area contributed by atoms with Gasteiger partial charge in [0.05, 0.1) is 7.11 Å². The molecule has 9 heteroatoms. The highest BCUT2D eigenvalue weighted by molar-refractivity contribution is 7.80. The van der Waals surface area contributed by atoms with Crippen LogP contribution in [0.3, 0.4) is 0 Å². The van der Waals surface area contributed by atoms with Gasteiger partial charge >= 0.3 is 0 Å². The van der Waals surface area contributed by atoms with Crippen LogP contribution in [-0.2, 0) is 0 Å². The molecule has 2 aromatic rings. The number of ether oxygens (including phenoxy) is 1. The fourth-order valence-corrected chi connectivity index (χ4v) is 2.56. The van der Waals surface area contributed by atoms with Crippen molar-refractivity contribution in [1.82, 2.24) is 10.6 Å². The first-order valence-electron chi connectivity index (χ1n) is 7.44. The van der Waals surface area contributed by atoms with Gasteiger partial charge in [0.2, 0.25) is 3.79 Å². The predicted molar refractivity (Wildman–Crippen MR) is 110 cm³/mol. The first kappa shape index (κ1) is 20.6. The Morgan fingerprint density at radius 1 is 1.08 bits per heavy atom. The summed E-state index contributed by atoms with van der Waals surface area (Å²) in [7, 11) is 1.51. The van der Waals surface area contributed by atoms with Gasteiger partial charge < -0.3 is 20.7 Å². The van der Waals surface area contributed by atoms with Gasteiger partial charge in [-0.1, -0.05) is 59.1 Å². The summed E-state index contributed by atoms with van der Waals surface area (Å²) in [5.74, 6) is 0.0903. The Morgan fingerprint density at radius 3 is 2.38 bits per heavy atom. The highest BCUT2D eigenvalue weighted by Crippen LogP contribution is 2.29. The zero-order chi connectivity index (χ0) is 19.2. The van der Waals surface area contributed by atoms with E-state index in [1.807, 2.05) is 30.3 Å². The second-order valence-electron chi connectivity index (χ2n) is 5.14. The van der Waals surface area contributed by atoms with Crippen LogP contribution in [0.4, 0.5) is 5.69 Å². The zero-order valence-electron chi connectivity index (χ0n) is 13.6. The number of hydrogen-bond acceptors (Lipinski definition) is 3. The number of halogens is 3. The van der Waals surface area contributed by atoms with E-state index in [1.54, 1.807) is 24.3 Å². The van der Waals surface area contributed by atoms with E-state index >= 15 is 0 Å². The second-order valence-corrected chi connectivity index (χ2v) is 7.92. The van der Waals surface area contributed by atoms with Gasteiger partial charge in [0.15, 0.2) is 5.11 Å². The molecule has 0 saturated carbocycles. The van der Waals surface area contributed by atoms with Crippen molar-refractivity contribution in [3.8, 4) is 5.75 Å². The molecular weight excluding hydrogens is 417 g/mol. The molecule has 2 aromatic carbocycles. The van der Waals surface area contributed by atoms with Gasteiger partial charge in [0.1, 0.15) is 11.9 Å². The maximum atomic E-state index is 12.5. The van der Waals surface area contributed by atoms with Crippen molar-refractivity contribution < 1.29 is 9.53 Å². The number of alkyl halides is 3. The van der Waals surface area contributed by atoms with Crippen LogP contribution < -0.4 is 20.7 Å². The summed E-state index contributed by atoms with van der Waals surface area (Å²) in [5, 5.41) is 8.55. The van der Waals surface area contributed by atoms with Crippen molar-refractivity contribution in [2.45, 2.75) is 9.96 Å². The van der Waals surface area contributed by atoms with Crippen molar-refractivity contribution >= 4 is 63.7 Å². The molecule has 138 valence electrons. The van der Waals surface area contributed by atoms with Gasteiger partial charge in [-0.3, -0.25) is 4.79 Å². The van der Waals surface area contributed by atoms with Gasteiger partial charge in [0, 0.05) is 11.3 Å². The van der Waals surface area contributed by atoms with Crippen LogP contribution in [0.25, 0.3) is 0 Å². The number of nitrogens with one attached hydrogen (secondary N) is 3. The number of anilines is 1. The fourth-order valence-electron chi connectivity index (χ4n) is 2.00. The average molecular weight is 433 g/mol. The molecule has 0 spiro atoms. The molecule has 2 rings (SSSR count). The molecule has 26 heavy (non-hydrogen) atoms. The topological polar surface area (TPSA) is 62.4 Å². The molecule has 0 bridgehead atoms. The number of hydrogen-bond donors (Lipinski definition) is 3. The lowest BCUT2D eigenvalue weighted by Gasteiger charge is -2.27. The number of rotatable bonds is 5. The van der Waals surface area contributed by atoms with Crippen LogP contribution >= 0.6 is 47.0 Å². The van der Waals surface area contributed by atoms with E-state index in [0.717, 1.165) is 5.69 Å². The maximum absolute atomic E-state index is 12.5. The van der Waals surface area contributed by atoms with Crippen molar-refractivity contribution in [2.75, 3.05) is 12.4 Å². The zero-order valence-corrected chi connectivity index (χ0v) is 16.7. The maximum Gasteiger partial charge on any atom is 0.253 e. The molecule has 0 fully saturated rings. The van der Waals surface area contributed by atoms with E-state index in [4.69, 9.17) is 51.8 Å². The van der Waals surface area contributed by atoms with E-state index in [1.165, 1.54) is 7.11 Å². The third-order valence-electron chi connectivity index (χ3n) is 3.24. The highest BCUT2D eigenvalue weighted by atomic mass is 35.6. The molecule has 1 amide bonds. The Kier molecular flexibility index (Phi) is 7.34. The summed E-state index contributed by atoms with van der Waals surface area (Å²) in [6.07, 6.45) is -1.06. The molecule has 1 unspecified atom stereocenters. The normalized spacial score (nSPS) is 12.0. The summed E-state index contributed by atoms with van der Waals surface area (Å²) in [6.45, 7) is 0. The minimum absolute atomic E-state index is 0.193. The van der Waals surface area contributed by atoms with Crippen LogP contribution in [0.5, 0.6) is 5.75 Å². The number of benzene rings is 2. The Morgan fingerprint density at radius 2 is 1.77 bits per heavy atom.